The first-order chi connectivity index (χ1) is 14.9. The zero-order chi connectivity index (χ0) is 22.6. The molecule has 2 amide bonds. The molecule has 0 radical (unpaired) electrons. The van der Waals surface area contributed by atoms with Gasteiger partial charge in [0, 0.05) is 18.5 Å². The van der Waals surface area contributed by atoms with Crippen molar-refractivity contribution in [3.8, 4) is 17.2 Å². The van der Waals surface area contributed by atoms with Crippen molar-refractivity contribution >= 4 is 18.0 Å². The van der Waals surface area contributed by atoms with Crippen LogP contribution in [0.3, 0.4) is 0 Å². The fourth-order valence-corrected chi connectivity index (χ4v) is 2.59. The van der Waals surface area contributed by atoms with E-state index in [0.717, 1.165) is 5.56 Å². The number of benzene rings is 2. The highest BCUT2D eigenvalue weighted by Gasteiger charge is 2.08. The van der Waals surface area contributed by atoms with Gasteiger partial charge in [-0.1, -0.05) is 0 Å². The van der Waals surface area contributed by atoms with Crippen LogP contribution in [0, 0.1) is 0 Å². The van der Waals surface area contributed by atoms with Crippen LogP contribution in [0.1, 0.15) is 43.1 Å². The van der Waals surface area contributed by atoms with Crippen LogP contribution in [0.5, 0.6) is 17.2 Å². The SMILES string of the molecule is CCOc1cc(C=NNC(=O)CCNC(=O)c2ccc(OC)cc2)ccc1OC(C)C. The van der Waals surface area contributed by atoms with Crippen molar-refractivity contribution in [1.29, 1.82) is 0 Å². The minimum Gasteiger partial charge on any atom is -0.497 e. The molecule has 8 nitrogen and oxygen atoms in total. The van der Waals surface area contributed by atoms with E-state index in [9.17, 15) is 9.59 Å². The van der Waals surface area contributed by atoms with Gasteiger partial charge in [0.05, 0.1) is 26.0 Å². The molecule has 2 aromatic carbocycles. The number of hydrogen-bond donors (Lipinski definition) is 2. The summed E-state index contributed by atoms with van der Waals surface area (Å²) in [6.45, 7) is 6.49. The van der Waals surface area contributed by atoms with E-state index in [1.807, 2.05) is 32.9 Å². The highest BCUT2D eigenvalue weighted by atomic mass is 16.5. The number of carbonyl (C=O) groups excluding carboxylic acids is 2. The second kappa shape index (κ2) is 12.2. The summed E-state index contributed by atoms with van der Waals surface area (Å²) in [7, 11) is 1.56. The average molecular weight is 428 g/mol. The summed E-state index contributed by atoms with van der Waals surface area (Å²) in [5.41, 5.74) is 3.70. The van der Waals surface area contributed by atoms with Crippen LogP contribution in [0.15, 0.2) is 47.6 Å². The van der Waals surface area contributed by atoms with E-state index >= 15 is 0 Å². The summed E-state index contributed by atoms with van der Waals surface area (Å²) in [5, 5.41) is 6.66. The Balaban J connectivity index is 1.80. The van der Waals surface area contributed by atoms with Crippen LogP contribution < -0.4 is 25.0 Å². The topological polar surface area (TPSA) is 98.2 Å². The molecule has 0 saturated heterocycles. The molecule has 166 valence electrons. The van der Waals surface area contributed by atoms with Crippen LogP contribution in [0.2, 0.25) is 0 Å². The summed E-state index contributed by atoms with van der Waals surface area (Å²) in [4.78, 5) is 24.0. The third kappa shape index (κ3) is 8.00. The Labute approximate surface area is 182 Å². The summed E-state index contributed by atoms with van der Waals surface area (Å²) < 4.78 is 16.4. The second-order valence-electron chi connectivity index (χ2n) is 6.83. The molecule has 0 aromatic heterocycles. The van der Waals surface area contributed by atoms with Crippen molar-refractivity contribution in [1.82, 2.24) is 10.7 Å². The minimum atomic E-state index is -0.309. The molecule has 0 fully saturated rings. The lowest BCUT2D eigenvalue weighted by Crippen LogP contribution is -2.29. The minimum absolute atomic E-state index is 0.0308. The lowest BCUT2D eigenvalue weighted by molar-refractivity contribution is -0.120. The summed E-state index contributed by atoms with van der Waals surface area (Å²) >= 11 is 0. The number of hydrogen-bond acceptors (Lipinski definition) is 6. The fourth-order valence-electron chi connectivity index (χ4n) is 2.59. The molecule has 8 heteroatoms. The van der Waals surface area contributed by atoms with Gasteiger partial charge in [0.25, 0.3) is 5.91 Å². The predicted molar refractivity (Wildman–Crippen MR) is 119 cm³/mol. The van der Waals surface area contributed by atoms with Crippen LogP contribution >= 0.6 is 0 Å². The number of nitrogens with zero attached hydrogens (tertiary/aromatic N) is 1. The third-order valence-corrected chi connectivity index (χ3v) is 4.02. The third-order valence-electron chi connectivity index (χ3n) is 4.02. The lowest BCUT2D eigenvalue weighted by Gasteiger charge is -2.14. The molecule has 0 unspecified atom stereocenters. The molecule has 2 rings (SSSR count). The monoisotopic (exact) mass is 427 g/mol. The number of rotatable bonds is 11. The first kappa shape index (κ1) is 23.7. The summed E-state index contributed by atoms with van der Waals surface area (Å²) in [5.74, 6) is 1.38. The highest BCUT2D eigenvalue weighted by Crippen LogP contribution is 2.28. The van der Waals surface area contributed by atoms with Gasteiger partial charge < -0.3 is 19.5 Å². The average Bonchev–Trinajstić information content (AvgIpc) is 2.75. The van der Waals surface area contributed by atoms with Crippen molar-refractivity contribution in [2.45, 2.75) is 33.3 Å². The molecule has 0 aliphatic rings. The van der Waals surface area contributed by atoms with Gasteiger partial charge in [-0.3, -0.25) is 9.59 Å². The zero-order valence-electron chi connectivity index (χ0n) is 18.3. The molecule has 0 aliphatic carbocycles. The molecule has 0 aliphatic heterocycles. The van der Waals surface area contributed by atoms with E-state index in [1.165, 1.54) is 6.21 Å². The van der Waals surface area contributed by atoms with Crippen molar-refractivity contribution in [3.05, 3.63) is 53.6 Å². The van der Waals surface area contributed by atoms with Gasteiger partial charge >= 0.3 is 0 Å². The Bertz CT molecular complexity index is 895. The molecular formula is C23H29N3O5. The molecule has 0 bridgehead atoms. The predicted octanol–water partition coefficient (Wildman–Crippen LogP) is 3.15. The van der Waals surface area contributed by atoms with Gasteiger partial charge in [0.15, 0.2) is 11.5 Å². The number of carbonyl (C=O) groups is 2. The Hall–Kier alpha value is -3.55. The smallest absolute Gasteiger partial charge is 0.251 e. The normalized spacial score (nSPS) is 10.7. The van der Waals surface area contributed by atoms with Crippen molar-refractivity contribution in [2.24, 2.45) is 5.10 Å². The van der Waals surface area contributed by atoms with Crippen LogP contribution in [0.4, 0.5) is 0 Å². The van der Waals surface area contributed by atoms with Crippen LogP contribution in [0.25, 0.3) is 0 Å². The maximum Gasteiger partial charge on any atom is 0.251 e. The highest BCUT2D eigenvalue weighted by molar-refractivity contribution is 5.94. The molecular weight excluding hydrogens is 398 g/mol. The Morgan fingerprint density at radius 1 is 1.10 bits per heavy atom. The standard InChI is InChI=1S/C23H29N3O5/c1-5-30-21-14-17(6-11-20(21)31-16(2)3)15-25-26-22(27)12-13-24-23(28)18-7-9-19(29-4)10-8-18/h6-11,14-16H,5,12-13H2,1-4H3,(H,24,28)(H,26,27). The van der Waals surface area contributed by atoms with Crippen molar-refractivity contribution in [3.63, 3.8) is 0 Å². The van der Waals surface area contributed by atoms with E-state index in [2.05, 4.69) is 15.8 Å². The van der Waals surface area contributed by atoms with E-state index in [-0.39, 0.29) is 30.9 Å². The zero-order valence-corrected chi connectivity index (χ0v) is 18.3. The largest absolute Gasteiger partial charge is 0.497 e. The maximum atomic E-state index is 12.1. The number of ether oxygens (including phenoxy) is 3. The summed E-state index contributed by atoms with van der Waals surface area (Å²) in [6, 6.07) is 12.2. The fraction of sp³-hybridized carbons (Fsp3) is 0.348. The molecule has 0 spiro atoms. The van der Waals surface area contributed by atoms with E-state index < -0.39 is 0 Å². The quantitative estimate of drug-likeness (QED) is 0.424. The second-order valence-corrected chi connectivity index (χ2v) is 6.83. The molecule has 2 N–H and O–H groups in total. The molecule has 0 saturated carbocycles. The number of nitrogens with one attached hydrogen (secondary N) is 2. The van der Waals surface area contributed by atoms with Gasteiger partial charge in [0.2, 0.25) is 5.91 Å². The lowest BCUT2D eigenvalue weighted by atomic mass is 10.2. The van der Waals surface area contributed by atoms with E-state index in [1.54, 1.807) is 37.4 Å². The maximum absolute atomic E-state index is 12.1. The molecule has 0 atom stereocenters. The Morgan fingerprint density at radius 3 is 2.48 bits per heavy atom. The first-order valence-corrected chi connectivity index (χ1v) is 10.1. The van der Waals surface area contributed by atoms with E-state index in [0.29, 0.717) is 29.4 Å². The Kier molecular flexibility index (Phi) is 9.35. The first-order valence-electron chi connectivity index (χ1n) is 10.1. The van der Waals surface area contributed by atoms with Crippen LogP contribution in [-0.2, 0) is 4.79 Å². The van der Waals surface area contributed by atoms with E-state index in [4.69, 9.17) is 14.2 Å². The Morgan fingerprint density at radius 2 is 1.84 bits per heavy atom. The van der Waals surface area contributed by atoms with Gasteiger partial charge in [-0.15, -0.1) is 0 Å². The van der Waals surface area contributed by atoms with Crippen molar-refractivity contribution in [2.75, 3.05) is 20.3 Å². The molecule has 0 heterocycles. The number of methoxy groups -OCH3 is 1. The van der Waals surface area contributed by atoms with Crippen LogP contribution in [-0.4, -0.2) is 44.4 Å². The molecule has 2 aromatic rings. The van der Waals surface area contributed by atoms with Crippen molar-refractivity contribution < 1.29 is 23.8 Å². The van der Waals surface area contributed by atoms with Gasteiger partial charge in [-0.2, -0.15) is 5.10 Å². The molecule has 31 heavy (non-hydrogen) atoms. The van der Waals surface area contributed by atoms with Gasteiger partial charge in [0.1, 0.15) is 5.75 Å². The summed E-state index contributed by atoms with van der Waals surface area (Å²) in [6.07, 6.45) is 1.66. The van der Waals surface area contributed by atoms with Gasteiger partial charge in [-0.05, 0) is 68.8 Å². The van der Waals surface area contributed by atoms with Gasteiger partial charge in [-0.25, -0.2) is 5.43 Å². The number of amides is 2. The number of hydrazone groups is 1.